The van der Waals surface area contributed by atoms with Crippen LogP contribution >= 0.6 is 24.0 Å². The van der Waals surface area contributed by atoms with Gasteiger partial charge in [0, 0.05) is 33.9 Å². The van der Waals surface area contributed by atoms with Crippen LogP contribution < -0.4 is 10.6 Å². The highest BCUT2D eigenvalue weighted by atomic mass is 127. The third-order valence-electron chi connectivity index (χ3n) is 3.32. The van der Waals surface area contributed by atoms with Crippen LogP contribution in [0.4, 0.5) is 0 Å². The summed E-state index contributed by atoms with van der Waals surface area (Å²) in [5.41, 5.74) is -0.214. The Morgan fingerprint density at radius 3 is 2.71 bits per heavy atom. The average Bonchev–Trinajstić information content (AvgIpc) is 2.95. The summed E-state index contributed by atoms with van der Waals surface area (Å²) in [6, 6.07) is 0. The van der Waals surface area contributed by atoms with Gasteiger partial charge in [-0.3, -0.25) is 4.99 Å². The summed E-state index contributed by atoms with van der Waals surface area (Å²) in [4.78, 5) is 4.16. The van der Waals surface area contributed by atoms with Gasteiger partial charge in [-0.2, -0.15) is 0 Å². The van der Waals surface area contributed by atoms with Crippen molar-refractivity contribution < 1.29 is 14.2 Å². The van der Waals surface area contributed by atoms with E-state index in [2.05, 4.69) is 15.6 Å². The Balaban J connectivity index is 0.00000400. The number of hydrogen-bond donors (Lipinski definition) is 2. The number of nitrogens with one attached hydrogen (secondary N) is 2. The zero-order valence-electron chi connectivity index (χ0n) is 13.6. The minimum absolute atomic E-state index is 0. The predicted octanol–water partition coefficient (Wildman–Crippen LogP) is 1.39. The molecule has 1 aliphatic heterocycles. The van der Waals surface area contributed by atoms with Gasteiger partial charge in [0.05, 0.1) is 24.9 Å². The summed E-state index contributed by atoms with van der Waals surface area (Å²) in [5, 5.41) is 6.44. The lowest BCUT2D eigenvalue weighted by atomic mass is 10.1. The minimum Gasteiger partial charge on any atom is -0.377 e. The maximum Gasteiger partial charge on any atom is 0.191 e. The number of rotatable bonds is 8. The molecule has 0 bridgehead atoms. The Morgan fingerprint density at radius 2 is 2.14 bits per heavy atom. The summed E-state index contributed by atoms with van der Waals surface area (Å²) in [6.07, 6.45) is 2.55. The van der Waals surface area contributed by atoms with Crippen LogP contribution in [0, 0.1) is 0 Å². The van der Waals surface area contributed by atoms with Crippen molar-refractivity contribution in [3.63, 3.8) is 0 Å². The lowest BCUT2D eigenvalue weighted by molar-refractivity contribution is 0.0188. The summed E-state index contributed by atoms with van der Waals surface area (Å²) < 4.78 is 16.4. The van der Waals surface area contributed by atoms with Crippen molar-refractivity contribution >= 4 is 29.9 Å². The SMILES string of the molecule is CN=C(NCCOCC1CCCO1)NCC(C)(C)OC.I. The second kappa shape index (κ2) is 11.4. The van der Waals surface area contributed by atoms with E-state index in [4.69, 9.17) is 14.2 Å². The van der Waals surface area contributed by atoms with Gasteiger partial charge in [0.2, 0.25) is 0 Å². The van der Waals surface area contributed by atoms with Crippen LogP contribution in [0.1, 0.15) is 26.7 Å². The summed E-state index contributed by atoms with van der Waals surface area (Å²) in [5.74, 6) is 0.760. The molecule has 0 aliphatic carbocycles. The molecular formula is C14H30IN3O3. The van der Waals surface area contributed by atoms with E-state index in [1.165, 1.54) is 0 Å². The number of halogens is 1. The fourth-order valence-corrected chi connectivity index (χ4v) is 1.82. The van der Waals surface area contributed by atoms with Gasteiger partial charge in [-0.15, -0.1) is 24.0 Å². The molecule has 21 heavy (non-hydrogen) atoms. The van der Waals surface area contributed by atoms with Crippen LogP contribution in [0.5, 0.6) is 0 Å². The second-order valence-corrected chi connectivity index (χ2v) is 5.53. The summed E-state index contributed by atoms with van der Waals surface area (Å²) in [7, 11) is 3.46. The lowest BCUT2D eigenvalue weighted by Crippen LogP contribution is -2.46. The molecule has 1 atom stereocenters. The summed E-state index contributed by atoms with van der Waals surface area (Å²) in [6.45, 7) is 7.67. The van der Waals surface area contributed by atoms with E-state index >= 15 is 0 Å². The fraction of sp³-hybridized carbons (Fsp3) is 0.929. The van der Waals surface area contributed by atoms with Crippen LogP contribution in [0.2, 0.25) is 0 Å². The van der Waals surface area contributed by atoms with Crippen LogP contribution in [0.3, 0.4) is 0 Å². The first-order chi connectivity index (χ1) is 9.57. The van der Waals surface area contributed by atoms with Gasteiger partial charge in [-0.05, 0) is 26.7 Å². The van der Waals surface area contributed by atoms with E-state index in [9.17, 15) is 0 Å². The van der Waals surface area contributed by atoms with Crippen molar-refractivity contribution in [1.29, 1.82) is 0 Å². The van der Waals surface area contributed by atoms with Crippen LogP contribution in [0.15, 0.2) is 4.99 Å². The molecule has 1 heterocycles. The largest absolute Gasteiger partial charge is 0.377 e. The Kier molecular flexibility index (Phi) is 11.4. The van der Waals surface area contributed by atoms with E-state index in [1.54, 1.807) is 14.2 Å². The molecule has 0 aromatic rings. The maximum atomic E-state index is 5.58. The van der Waals surface area contributed by atoms with Crippen molar-refractivity contribution in [1.82, 2.24) is 10.6 Å². The van der Waals surface area contributed by atoms with Gasteiger partial charge in [-0.25, -0.2) is 0 Å². The number of guanidine groups is 1. The molecule has 2 N–H and O–H groups in total. The first-order valence-electron chi connectivity index (χ1n) is 7.26. The highest BCUT2D eigenvalue weighted by molar-refractivity contribution is 14.0. The molecule has 1 aliphatic rings. The first kappa shape index (κ1) is 20.9. The topological polar surface area (TPSA) is 64.1 Å². The number of aliphatic imine (C=N–C) groups is 1. The van der Waals surface area contributed by atoms with Crippen molar-refractivity contribution in [3.05, 3.63) is 0 Å². The Labute approximate surface area is 145 Å². The highest BCUT2D eigenvalue weighted by Gasteiger charge is 2.17. The molecule has 0 aromatic heterocycles. The second-order valence-electron chi connectivity index (χ2n) is 5.53. The Hall–Kier alpha value is -0.120. The van der Waals surface area contributed by atoms with Crippen LogP contribution in [-0.4, -0.2) is 64.7 Å². The number of ether oxygens (including phenoxy) is 3. The fourth-order valence-electron chi connectivity index (χ4n) is 1.82. The molecule has 6 nitrogen and oxygen atoms in total. The van der Waals surface area contributed by atoms with Gasteiger partial charge in [0.25, 0.3) is 0 Å². The molecule has 1 unspecified atom stereocenters. The van der Waals surface area contributed by atoms with Gasteiger partial charge in [0.15, 0.2) is 5.96 Å². The van der Waals surface area contributed by atoms with Gasteiger partial charge in [0.1, 0.15) is 0 Å². The maximum absolute atomic E-state index is 5.58. The highest BCUT2D eigenvalue weighted by Crippen LogP contribution is 2.11. The molecular weight excluding hydrogens is 385 g/mol. The van der Waals surface area contributed by atoms with E-state index in [0.717, 1.165) is 32.0 Å². The van der Waals surface area contributed by atoms with Crippen molar-refractivity contribution in [2.45, 2.75) is 38.4 Å². The normalized spacial score (nSPS) is 19.2. The zero-order valence-corrected chi connectivity index (χ0v) is 15.9. The Bertz CT molecular complexity index is 295. The molecule has 1 saturated heterocycles. The monoisotopic (exact) mass is 415 g/mol. The number of nitrogens with zero attached hydrogens (tertiary/aromatic N) is 1. The minimum atomic E-state index is -0.214. The molecule has 126 valence electrons. The molecule has 0 radical (unpaired) electrons. The first-order valence-corrected chi connectivity index (χ1v) is 7.26. The standard InChI is InChI=1S/C14H29N3O3.HI/c1-14(2,18-4)11-17-13(15-3)16-7-9-19-10-12-6-5-8-20-12;/h12H,5-11H2,1-4H3,(H2,15,16,17);1H. The smallest absolute Gasteiger partial charge is 0.191 e. The van der Waals surface area contributed by atoms with Crippen LogP contribution in [-0.2, 0) is 14.2 Å². The van der Waals surface area contributed by atoms with E-state index in [0.29, 0.717) is 19.8 Å². The van der Waals surface area contributed by atoms with E-state index in [-0.39, 0.29) is 35.7 Å². The number of methoxy groups -OCH3 is 1. The summed E-state index contributed by atoms with van der Waals surface area (Å²) >= 11 is 0. The average molecular weight is 415 g/mol. The lowest BCUT2D eigenvalue weighted by Gasteiger charge is -2.24. The van der Waals surface area contributed by atoms with Crippen molar-refractivity contribution in [2.75, 3.05) is 47.1 Å². The predicted molar refractivity (Wildman–Crippen MR) is 95.7 cm³/mol. The van der Waals surface area contributed by atoms with Crippen molar-refractivity contribution in [2.24, 2.45) is 4.99 Å². The third kappa shape index (κ3) is 9.49. The van der Waals surface area contributed by atoms with Gasteiger partial charge in [-0.1, -0.05) is 0 Å². The quantitative estimate of drug-likeness (QED) is 0.272. The molecule has 0 aromatic carbocycles. The molecule has 0 spiro atoms. The van der Waals surface area contributed by atoms with Gasteiger partial charge >= 0.3 is 0 Å². The van der Waals surface area contributed by atoms with Crippen molar-refractivity contribution in [3.8, 4) is 0 Å². The molecule has 0 amide bonds. The molecule has 0 saturated carbocycles. The van der Waals surface area contributed by atoms with Gasteiger partial charge < -0.3 is 24.8 Å². The third-order valence-corrected chi connectivity index (χ3v) is 3.32. The van der Waals surface area contributed by atoms with Crippen LogP contribution in [0.25, 0.3) is 0 Å². The molecule has 1 rings (SSSR count). The Morgan fingerprint density at radius 1 is 1.38 bits per heavy atom. The molecule has 1 fully saturated rings. The zero-order chi connectivity index (χ0) is 14.8. The van der Waals surface area contributed by atoms with E-state index in [1.807, 2.05) is 13.8 Å². The molecule has 7 heteroatoms. The van der Waals surface area contributed by atoms with E-state index < -0.39 is 0 Å². The number of hydrogen-bond acceptors (Lipinski definition) is 4.